The summed E-state index contributed by atoms with van der Waals surface area (Å²) in [5, 5.41) is 9.40. The number of carboxylic acid groups (broad SMARTS) is 1. The van der Waals surface area contributed by atoms with E-state index >= 15 is 0 Å². The lowest BCUT2D eigenvalue weighted by atomic mass is 10.1. The lowest BCUT2D eigenvalue weighted by Gasteiger charge is -2.25. The summed E-state index contributed by atoms with van der Waals surface area (Å²) in [5.41, 5.74) is 7.02. The Morgan fingerprint density at radius 2 is 2.24 bits per heavy atom. The fraction of sp³-hybridized carbons (Fsp3) is 0.429. The Morgan fingerprint density at radius 1 is 1.48 bits per heavy atom. The number of aliphatic carboxylic acids is 1. The average Bonchev–Trinajstić information content (AvgIpc) is 3.08. The number of anilines is 1. The molecule has 112 valence electrons. The van der Waals surface area contributed by atoms with Crippen molar-refractivity contribution in [2.24, 2.45) is 5.73 Å². The molecule has 1 amide bonds. The molecule has 0 unspecified atom stereocenters. The van der Waals surface area contributed by atoms with Crippen molar-refractivity contribution in [2.45, 2.75) is 31.8 Å². The second-order valence-corrected chi connectivity index (χ2v) is 5.08. The molecule has 0 saturated heterocycles. The van der Waals surface area contributed by atoms with Crippen molar-refractivity contribution in [2.75, 3.05) is 11.7 Å². The molecule has 3 rings (SSSR count). The van der Waals surface area contributed by atoms with E-state index in [-0.39, 0.29) is 19.1 Å². The van der Waals surface area contributed by atoms with Crippen LogP contribution < -0.4 is 20.1 Å². The summed E-state index contributed by atoms with van der Waals surface area (Å²) in [6.07, 6.45) is 0.640. The molecule has 0 fully saturated rings. The third kappa shape index (κ3) is 2.01. The average molecular weight is 292 g/mol. The Balaban J connectivity index is 2.07. The van der Waals surface area contributed by atoms with Gasteiger partial charge in [0.05, 0.1) is 11.7 Å². The highest BCUT2D eigenvalue weighted by Crippen LogP contribution is 2.46. The maximum atomic E-state index is 12.4. The minimum Gasteiger partial charge on any atom is -0.480 e. The predicted molar refractivity (Wildman–Crippen MR) is 73.4 cm³/mol. The second kappa shape index (κ2) is 4.92. The van der Waals surface area contributed by atoms with Crippen LogP contribution in [0.15, 0.2) is 12.1 Å². The molecule has 2 aliphatic heterocycles. The van der Waals surface area contributed by atoms with Crippen LogP contribution in [0.4, 0.5) is 5.69 Å². The number of hydrogen-bond acceptors (Lipinski definition) is 5. The third-order valence-corrected chi connectivity index (χ3v) is 3.87. The minimum absolute atomic E-state index is 0.103. The predicted octanol–water partition coefficient (Wildman–Crippen LogP) is 0.495. The van der Waals surface area contributed by atoms with Crippen LogP contribution in [-0.4, -0.2) is 35.9 Å². The molecule has 1 aromatic rings. The topological polar surface area (TPSA) is 102 Å². The number of fused-ring (bicyclic) bond motifs is 3. The first-order chi connectivity index (χ1) is 10.0. The molecule has 2 heterocycles. The zero-order chi connectivity index (χ0) is 15.1. The summed E-state index contributed by atoms with van der Waals surface area (Å²) in [6.45, 7) is 1.89. The number of nitrogens with zero attached hydrogens (tertiary/aromatic N) is 1. The first kappa shape index (κ1) is 13.7. The monoisotopic (exact) mass is 292 g/mol. The molecule has 7 nitrogen and oxygen atoms in total. The van der Waals surface area contributed by atoms with Crippen molar-refractivity contribution in [3.8, 4) is 11.5 Å². The van der Waals surface area contributed by atoms with E-state index in [4.69, 9.17) is 15.2 Å². The van der Waals surface area contributed by atoms with Crippen LogP contribution in [0.25, 0.3) is 0 Å². The quantitative estimate of drug-likeness (QED) is 0.841. The van der Waals surface area contributed by atoms with Crippen molar-refractivity contribution in [3.05, 3.63) is 17.7 Å². The van der Waals surface area contributed by atoms with E-state index in [1.165, 1.54) is 4.90 Å². The van der Waals surface area contributed by atoms with E-state index in [1.54, 1.807) is 19.1 Å². The fourth-order valence-electron chi connectivity index (χ4n) is 2.72. The number of carboxylic acids is 1. The maximum absolute atomic E-state index is 12.4. The molecular weight excluding hydrogens is 276 g/mol. The Morgan fingerprint density at radius 3 is 2.90 bits per heavy atom. The summed E-state index contributed by atoms with van der Waals surface area (Å²) in [4.78, 5) is 25.2. The number of rotatable bonds is 3. The Hall–Kier alpha value is -2.28. The molecule has 0 spiro atoms. The van der Waals surface area contributed by atoms with Crippen molar-refractivity contribution >= 4 is 17.6 Å². The standard InChI is InChI=1S/C14H16N2O5/c1-2-8(15)13(17)16-9-3-4-11-12(21-6-20-11)7(9)5-10(16)14(18)19/h3-4,8,10H,2,5-6,15H2,1H3,(H,18,19)/t8-,10+/m0/s1. The molecule has 2 aliphatic rings. The molecule has 21 heavy (non-hydrogen) atoms. The molecule has 0 radical (unpaired) electrons. The maximum Gasteiger partial charge on any atom is 0.327 e. The molecular formula is C14H16N2O5. The summed E-state index contributed by atoms with van der Waals surface area (Å²) >= 11 is 0. The van der Waals surface area contributed by atoms with Crippen LogP contribution in [-0.2, 0) is 16.0 Å². The first-order valence-corrected chi connectivity index (χ1v) is 6.77. The van der Waals surface area contributed by atoms with Gasteiger partial charge in [0.15, 0.2) is 11.5 Å². The highest BCUT2D eigenvalue weighted by molar-refractivity contribution is 6.04. The van der Waals surface area contributed by atoms with Gasteiger partial charge in [-0.1, -0.05) is 6.92 Å². The summed E-state index contributed by atoms with van der Waals surface area (Å²) in [6, 6.07) is 1.69. The molecule has 1 aromatic carbocycles. The van der Waals surface area contributed by atoms with Gasteiger partial charge >= 0.3 is 5.97 Å². The number of carbonyl (C=O) groups is 2. The van der Waals surface area contributed by atoms with E-state index in [2.05, 4.69) is 0 Å². The SMILES string of the molecule is CC[C@H](N)C(=O)N1c2ccc3c(c2C[C@@H]1C(=O)O)OCO3. The van der Waals surface area contributed by atoms with Crippen LogP contribution in [0.2, 0.25) is 0 Å². The summed E-state index contributed by atoms with van der Waals surface area (Å²) in [7, 11) is 0. The first-order valence-electron chi connectivity index (χ1n) is 6.77. The van der Waals surface area contributed by atoms with Gasteiger partial charge in [0.25, 0.3) is 0 Å². The number of hydrogen-bond donors (Lipinski definition) is 2. The molecule has 7 heteroatoms. The summed E-state index contributed by atoms with van der Waals surface area (Å²) < 4.78 is 10.7. The van der Waals surface area contributed by atoms with Crippen LogP contribution in [0.5, 0.6) is 11.5 Å². The van der Waals surface area contributed by atoms with Crippen molar-refractivity contribution < 1.29 is 24.2 Å². The van der Waals surface area contributed by atoms with E-state index < -0.39 is 18.1 Å². The van der Waals surface area contributed by atoms with E-state index in [9.17, 15) is 14.7 Å². The number of benzene rings is 1. The van der Waals surface area contributed by atoms with Crippen molar-refractivity contribution in [1.82, 2.24) is 0 Å². The van der Waals surface area contributed by atoms with Gasteiger partial charge in [-0.05, 0) is 18.6 Å². The highest BCUT2D eigenvalue weighted by Gasteiger charge is 2.42. The van der Waals surface area contributed by atoms with Crippen LogP contribution in [0.3, 0.4) is 0 Å². The molecule has 3 N–H and O–H groups in total. The number of carbonyl (C=O) groups excluding carboxylic acids is 1. The van der Waals surface area contributed by atoms with E-state index in [0.717, 1.165) is 0 Å². The van der Waals surface area contributed by atoms with Gasteiger partial charge in [0.1, 0.15) is 6.04 Å². The smallest absolute Gasteiger partial charge is 0.327 e. The highest BCUT2D eigenvalue weighted by atomic mass is 16.7. The van der Waals surface area contributed by atoms with Crippen molar-refractivity contribution in [1.29, 1.82) is 0 Å². The molecule has 0 aromatic heterocycles. The molecule has 0 bridgehead atoms. The van der Waals surface area contributed by atoms with Gasteiger partial charge in [-0.25, -0.2) is 4.79 Å². The second-order valence-electron chi connectivity index (χ2n) is 5.08. The van der Waals surface area contributed by atoms with E-state index in [1.807, 2.05) is 0 Å². The zero-order valence-corrected chi connectivity index (χ0v) is 11.5. The third-order valence-electron chi connectivity index (χ3n) is 3.87. The van der Waals surface area contributed by atoms with Crippen molar-refractivity contribution in [3.63, 3.8) is 0 Å². The molecule has 2 atom stereocenters. The van der Waals surface area contributed by atoms with Gasteiger partial charge < -0.3 is 20.3 Å². The zero-order valence-electron chi connectivity index (χ0n) is 11.5. The minimum atomic E-state index is -1.06. The summed E-state index contributed by atoms with van der Waals surface area (Å²) in [5.74, 6) is -0.343. The van der Waals surface area contributed by atoms with E-state index in [0.29, 0.717) is 29.2 Å². The normalized spacial score (nSPS) is 20.3. The van der Waals surface area contributed by atoms with Gasteiger partial charge in [-0.2, -0.15) is 0 Å². The van der Waals surface area contributed by atoms with Gasteiger partial charge in [0, 0.05) is 12.0 Å². The Labute approximate surface area is 121 Å². The van der Waals surface area contributed by atoms with Gasteiger partial charge in [-0.15, -0.1) is 0 Å². The number of nitrogens with two attached hydrogens (primary N) is 1. The van der Waals surface area contributed by atoms with Gasteiger partial charge in [-0.3, -0.25) is 9.69 Å². The lowest BCUT2D eigenvalue weighted by molar-refractivity contribution is -0.140. The Kier molecular flexibility index (Phi) is 3.21. The molecule has 0 saturated carbocycles. The number of amides is 1. The van der Waals surface area contributed by atoms with Gasteiger partial charge in [0.2, 0.25) is 12.7 Å². The Bertz CT molecular complexity index is 616. The fourth-order valence-corrected chi connectivity index (χ4v) is 2.72. The van der Waals surface area contributed by atoms with Crippen LogP contribution in [0, 0.1) is 0 Å². The number of ether oxygens (including phenoxy) is 2. The largest absolute Gasteiger partial charge is 0.480 e. The van der Waals surface area contributed by atoms with Crippen LogP contribution >= 0.6 is 0 Å². The lowest BCUT2D eigenvalue weighted by Crippen LogP contribution is -2.49. The van der Waals surface area contributed by atoms with Crippen LogP contribution in [0.1, 0.15) is 18.9 Å². The molecule has 0 aliphatic carbocycles.